The van der Waals surface area contributed by atoms with Gasteiger partial charge in [-0.15, -0.1) is 0 Å². The van der Waals surface area contributed by atoms with Crippen LogP contribution in [-0.2, 0) is 0 Å². The molecule has 1 aromatic heterocycles. The number of hydrogen-bond acceptors (Lipinski definition) is 3. The predicted molar refractivity (Wildman–Crippen MR) is 146 cm³/mol. The van der Waals surface area contributed by atoms with E-state index >= 15 is 0 Å². The van der Waals surface area contributed by atoms with Crippen LogP contribution in [0.25, 0.3) is 29.7 Å². The van der Waals surface area contributed by atoms with E-state index in [4.69, 9.17) is 10.2 Å². The fourth-order valence-corrected chi connectivity index (χ4v) is 4.87. The fraction of sp³-hybridized carbons (Fsp3) is 0.290. The summed E-state index contributed by atoms with van der Waals surface area (Å²) in [4.78, 5) is 10.6. The lowest BCUT2D eigenvalue weighted by molar-refractivity contribution is 0.299. The van der Waals surface area contributed by atoms with Crippen LogP contribution >= 0.6 is 0 Å². The molecule has 1 fully saturated rings. The summed E-state index contributed by atoms with van der Waals surface area (Å²) < 4.78 is 0. The summed E-state index contributed by atoms with van der Waals surface area (Å²) in [5.41, 5.74) is 8.93. The Labute approximate surface area is 208 Å². The highest BCUT2D eigenvalue weighted by molar-refractivity contribution is 5.73. The van der Waals surface area contributed by atoms with Crippen LogP contribution in [-0.4, -0.2) is 28.0 Å². The number of allylic oxidation sites excluding steroid dienone is 2. The second-order valence-electron chi connectivity index (χ2n) is 9.55. The average Bonchev–Trinajstić information content (AvgIpc) is 3.23. The number of aromatic amines is 1. The van der Waals surface area contributed by atoms with Crippen molar-refractivity contribution in [3.63, 3.8) is 0 Å². The molecule has 0 amide bonds. The Morgan fingerprint density at radius 1 is 1.14 bits per heavy atom. The van der Waals surface area contributed by atoms with Gasteiger partial charge in [0.1, 0.15) is 5.82 Å². The van der Waals surface area contributed by atoms with Crippen LogP contribution in [0.1, 0.15) is 60.4 Å². The van der Waals surface area contributed by atoms with Crippen molar-refractivity contribution in [3.8, 4) is 17.5 Å². The molecule has 0 saturated carbocycles. The van der Waals surface area contributed by atoms with Crippen molar-refractivity contribution in [2.45, 2.75) is 46.5 Å². The zero-order valence-electron chi connectivity index (χ0n) is 21.3. The molecule has 2 heterocycles. The van der Waals surface area contributed by atoms with Crippen molar-refractivity contribution >= 4 is 18.4 Å². The van der Waals surface area contributed by atoms with E-state index in [1.165, 1.54) is 22.3 Å². The second kappa shape index (κ2) is 10.2. The Bertz CT molecular complexity index is 1420. The second-order valence-corrected chi connectivity index (χ2v) is 9.55. The lowest BCUT2D eigenvalue weighted by Gasteiger charge is -2.35. The van der Waals surface area contributed by atoms with Crippen molar-refractivity contribution in [2.24, 2.45) is 0 Å². The molecule has 0 bridgehead atoms. The molecule has 1 N–H and O–H groups in total. The molecule has 3 aromatic rings. The van der Waals surface area contributed by atoms with Crippen molar-refractivity contribution in [1.29, 1.82) is 5.26 Å². The molecule has 1 aliphatic heterocycles. The normalized spacial score (nSPS) is 15.3. The third-order valence-corrected chi connectivity index (χ3v) is 7.16. The minimum atomic E-state index is 0.523. The van der Waals surface area contributed by atoms with Gasteiger partial charge in [-0.2, -0.15) is 5.26 Å². The topological polar surface area (TPSA) is 55.7 Å². The van der Waals surface area contributed by atoms with E-state index in [-0.39, 0.29) is 0 Å². The average molecular weight is 463 g/mol. The Balaban J connectivity index is 1.56. The fourth-order valence-electron chi connectivity index (χ4n) is 4.87. The number of nitrogens with one attached hydrogen (secondary N) is 1. The van der Waals surface area contributed by atoms with Gasteiger partial charge in [0.05, 0.1) is 22.3 Å². The van der Waals surface area contributed by atoms with Gasteiger partial charge in [-0.3, -0.25) is 0 Å². The first-order valence-corrected chi connectivity index (χ1v) is 12.3. The number of imidazole rings is 1. The predicted octanol–water partition coefficient (Wildman–Crippen LogP) is 5.57. The van der Waals surface area contributed by atoms with E-state index in [0.29, 0.717) is 5.92 Å². The van der Waals surface area contributed by atoms with E-state index in [2.05, 4.69) is 86.3 Å². The summed E-state index contributed by atoms with van der Waals surface area (Å²) in [5, 5.41) is 10.8. The summed E-state index contributed by atoms with van der Waals surface area (Å²) in [5.74, 6) is 1.37. The zero-order valence-corrected chi connectivity index (χ0v) is 21.3. The number of hydrogen-bond donors (Lipinski definition) is 1. The number of nitriles is 1. The third kappa shape index (κ3) is 5.15. The van der Waals surface area contributed by atoms with Crippen molar-refractivity contribution in [2.75, 3.05) is 13.1 Å². The van der Waals surface area contributed by atoms with Crippen LogP contribution in [0, 0.1) is 25.2 Å². The first-order chi connectivity index (χ1) is 16.8. The minimum absolute atomic E-state index is 0.523. The van der Waals surface area contributed by atoms with Gasteiger partial charge in [0.15, 0.2) is 0 Å². The van der Waals surface area contributed by atoms with E-state index in [9.17, 15) is 0 Å². The molecule has 1 aliphatic rings. The maximum absolute atomic E-state index is 9.06. The molecule has 0 spiro atoms. The number of aryl methyl sites for hydroxylation is 2. The number of nitrogens with zero attached hydrogens (tertiary/aromatic N) is 3. The van der Waals surface area contributed by atoms with Crippen molar-refractivity contribution in [3.05, 3.63) is 93.1 Å². The summed E-state index contributed by atoms with van der Waals surface area (Å²) in [7, 11) is 0. The van der Waals surface area contributed by atoms with Crippen LogP contribution in [0.15, 0.2) is 54.6 Å². The number of likely N-dealkylation sites (tertiary alicyclic amines) is 1. The SMILES string of the molecule is C=C(c1cc(-c2n/c(=C/C(C)=C\C)c(=C)[nH]2)c(C)cc1C)N1CCC(c2ccc(C#N)cc2)CC1. The Morgan fingerprint density at radius 3 is 2.46 bits per heavy atom. The molecule has 0 aliphatic carbocycles. The number of H-pyrrole nitrogens is 1. The van der Waals surface area contributed by atoms with E-state index in [1.807, 2.05) is 19.1 Å². The molecule has 2 aromatic carbocycles. The summed E-state index contributed by atoms with van der Waals surface area (Å²) in [6.07, 6.45) is 6.28. The Kier molecular flexibility index (Phi) is 7.07. The molecule has 35 heavy (non-hydrogen) atoms. The molecule has 4 rings (SSSR count). The largest absolute Gasteiger partial charge is 0.371 e. The Hall–Kier alpha value is -3.84. The first kappa shape index (κ1) is 24.3. The molecule has 0 radical (unpaired) electrons. The monoisotopic (exact) mass is 462 g/mol. The zero-order chi connectivity index (χ0) is 25.1. The number of aromatic nitrogens is 2. The van der Waals surface area contributed by atoms with Gasteiger partial charge in [-0.25, -0.2) is 4.98 Å². The first-order valence-electron chi connectivity index (χ1n) is 12.3. The minimum Gasteiger partial charge on any atom is -0.371 e. The van der Waals surface area contributed by atoms with Gasteiger partial charge in [0, 0.05) is 29.9 Å². The van der Waals surface area contributed by atoms with Gasteiger partial charge in [-0.1, -0.05) is 43.0 Å². The maximum atomic E-state index is 9.06. The van der Waals surface area contributed by atoms with Gasteiger partial charge in [-0.05, 0) is 87.4 Å². The van der Waals surface area contributed by atoms with Crippen LogP contribution < -0.4 is 10.7 Å². The molecular formula is C31H34N4. The van der Waals surface area contributed by atoms with Crippen molar-refractivity contribution in [1.82, 2.24) is 14.9 Å². The summed E-state index contributed by atoms with van der Waals surface area (Å²) in [6.45, 7) is 19.0. The quantitative estimate of drug-likeness (QED) is 0.539. The lowest BCUT2D eigenvalue weighted by atomic mass is 9.88. The molecule has 178 valence electrons. The molecule has 4 heteroatoms. The Morgan fingerprint density at radius 2 is 1.83 bits per heavy atom. The van der Waals surface area contributed by atoms with E-state index < -0.39 is 0 Å². The van der Waals surface area contributed by atoms with Crippen molar-refractivity contribution < 1.29 is 0 Å². The van der Waals surface area contributed by atoms with Crippen LogP contribution in [0.3, 0.4) is 0 Å². The standard InChI is InChI=1S/C31H34N4/c1-7-20(2)16-30-23(5)33-31(34-30)29-18-28(21(3)17-22(29)4)24(6)35-14-12-27(13-15-35)26-10-8-25(19-32)9-11-26/h7-11,16-18,27H,5-6,12-15H2,1-4H3,(H,33,34)/b20-7-,30-16+. The molecular weight excluding hydrogens is 428 g/mol. The van der Waals surface area contributed by atoms with Gasteiger partial charge >= 0.3 is 0 Å². The molecule has 1 saturated heterocycles. The van der Waals surface area contributed by atoms with Crippen LogP contribution in [0.4, 0.5) is 0 Å². The summed E-state index contributed by atoms with van der Waals surface area (Å²) >= 11 is 0. The number of piperidine rings is 1. The van der Waals surface area contributed by atoms with Gasteiger partial charge in [0.2, 0.25) is 0 Å². The van der Waals surface area contributed by atoms with E-state index in [1.54, 1.807) is 0 Å². The highest BCUT2D eigenvalue weighted by Gasteiger charge is 2.23. The summed E-state index contributed by atoms with van der Waals surface area (Å²) in [6, 6.07) is 14.7. The highest BCUT2D eigenvalue weighted by Crippen LogP contribution is 2.34. The number of benzene rings is 2. The van der Waals surface area contributed by atoms with Gasteiger partial charge < -0.3 is 9.88 Å². The van der Waals surface area contributed by atoms with E-state index in [0.717, 1.165) is 64.9 Å². The van der Waals surface area contributed by atoms with Gasteiger partial charge in [0.25, 0.3) is 0 Å². The lowest BCUT2D eigenvalue weighted by Crippen LogP contribution is -2.31. The molecule has 0 unspecified atom stereocenters. The molecule has 4 nitrogen and oxygen atoms in total. The number of rotatable bonds is 5. The molecule has 0 atom stereocenters. The highest BCUT2D eigenvalue weighted by atomic mass is 15.1. The smallest absolute Gasteiger partial charge is 0.138 e. The third-order valence-electron chi connectivity index (χ3n) is 7.16. The van der Waals surface area contributed by atoms with Crippen LogP contribution in [0.2, 0.25) is 0 Å². The maximum Gasteiger partial charge on any atom is 0.138 e. The van der Waals surface area contributed by atoms with Crippen LogP contribution in [0.5, 0.6) is 0 Å².